The fourth-order valence-electron chi connectivity index (χ4n) is 7.06. The van der Waals surface area contributed by atoms with Crippen molar-refractivity contribution in [1.29, 1.82) is 0 Å². The van der Waals surface area contributed by atoms with Crippen LogP contribution in [0.15, 0.2) is 6.07 Å². The van der Waals surface area contributed by atoms with Crippen LogP contribution in [0.4, 0.5) is 0 Å². The summed E-state index contributed by atoms with van der Waals surface area (Å²) in [6, 6.07) is 1.95. The SMILES string of the molecule is CCCCCc1c(CC)c(OS(N)(=O)=O)cc2c1[C@H]1CC[C@]3(C)C(=O)CC[C@H]3[C@@H]1CC2. The molecule has 0 aromatic heterocycles. The van der Waals surface area contributed by atoms with E-state index in [-0.39, 0.29) is 5.41 Å². The summed E-state index contributed by atoms with van der Waals surface area (Å²) in [5, 5.41) is 5.25. The molecular weight excluding hydrogens is 410 g/mol. The zero-order valence-corrected chi connectivity index (χ0v) is 20.0. The first-order valence-electron chi connectivity index (χ1n) is 12.1. The average molecular weight is 448 g/mol. The molecule has 0 aliphatic heterocycles. The van der Waals surface area contributed by atoms with Gasteiger partial charge in [0.05, 0.1) is 0 Å². The molecule has 5 nitrogen and oxygen atoms in total. The molecule has 2 fully saturated rings. The minimum Gasteiger partial charge on any atom is -0.371 e. The second kappa shape index (κ2) is 8.51. The molecular formula is C25H37NO4S. The zero-order chi connectivity index (χ0) is 22.4. The van der Waals surface area contributed by atoms with Crippen LogP contribution >= 0.6 is 0 Å². The molecule has 4 atom stereocenters. The number of aryl methyl sites for hydroxylation is 1. The Bertz CT molecular complexity index is 970. The summed E-state index contributed by atoms with van der Waals surface area (Å²) in [5.41, 5.74) is 4.85. The van der Waals surface area contributed by atoms with Gasteiger partial charge in [0, 0.05) is 11.8 Å². The maximum Gasteiger partial charge on any atom is 0.380 e. The van der Waals surface area contributed by atoms with Gasteiger partial charge in [-0.3, -0.25) is 4.79 Å². The van der Waals surface area contributed by atoms with Crippen LogP contribution in [0.3, 0.4) is 0 Å². The smallest absolute Gasteiger partial charge is 0.371 e. The van der Waals surface area contributed by atoms with Gasteiger partial charge in [0.25, 0.3) is 0 Å². The van der Waals surface area contributed by atoms with Crippen molar-refractivity contribution in [3.05, 3.63) is 28.3 Å². The van der Waals surface area contributed by atoms with E-state index in [0.29, 0.717) is 29.3 Å². The maximum absolute atomic E-state index is 12.7. The normalized spacial score (nSPS) is 29.9. The first-order chi connectivity index (χ1) is 14.7. The van der Waals surface area contributed by atoms with E-state index >= 15 is 0 Å². The van der Waals surface area contributed by atoms with E-state index in [1.807, 2.05) is 6.07 Å². The molecule has 4 rings (SSSR count). The second-order valence-corrected chi connectivity index (χ2v) is 11.3. The molecule has 0 spiro atoms. The van der Waals surface area contributed by atoms with E-state index in [2.05, 4.69) is 20.8 Å². The van der Waals surface area contributed by atoms with Gasteiger partial charge in [-0.05, 0) is 97.4 Å². The van der Waals surface area contributed by atoms with E-state index < -0.39 is 10.3 Å². The standard InChI is InChI=1S/C25H37NO4S/c1-4-6-7-8-19-17(5-2)22(30-31(26,28)29)15-16-9-10-18-20(24(16)19)13-14-25(3)21(18)11-12-23(25)27/h15,18,20-21H,4-14H2,1-3H3,(H2,26,28,29)/t18-,20+,21+,25+/m1/s1. The van der Waals surface area contributed by atoms with E-state index in [1.165, 1.54) is 16.7 Å². The highest BCUT2D eigenvalue weighted by atomic mass is 32.2. The second-order valence-electron chi connectivity index (χ2n) is 10.1. The Morgan fingerprint density at radius 2 is 1.90 bits per heavy atom. The Labute approximate surface area is 187 Å². The molecule has 0 heterocycles. The van der Waals surface area contributed by atoms with Crippen molar-refractivity contribution in [3.63, 3.8) is 0 Å². The minimum absolute atomic E-state index is 0.134. The van der Waals surface area contributed by atoms with Crippen molar-refractivity contribution >= 4 is 16.1 Å². The van der Waals surface area contributed by atoms with Gasteiger partial charge in [-0.2, -0.15) is 13.6 Å². The largest absolute Gasteiger partial charge is 0.380 e. The zero-order valence-electron chi connectivity index (χ0n) is 19.2. The number of rotatable bonds is 7. The summed E-state index contributed by atoms with van der Waals surface area (Å²) in [5.74, 6) is 2.40. The van der Waals surface area contributed by atoms with Gasteiger partial charge in [-0.1, -0.05) is 33.6 Å². The first-order valence-corrected chi connectivity index (χ1v) is 13.6. The van der Waals surface area contributed by atoms with Crippen LogP contribution in [0, 0.1) is 17.3 Å². The van der Waals surface area contributed by atoms with Crippen LogP contribution in [0.5, 0.6) is 5.75 Å². The molecule has 0 amide bonds. The molecule has 31 heavy (non-hydrogen) atoms. The summed E-state index contributed by atoms with van der Waals surface area (Å²) >= 11 is 0. The lowest BCUT2D eigenvalue weighted by Crippen LogP contribution is -2.42. The predicted octanol–water partition coefficient (Wildman–Crippen LogP) is 4.99. The molecule has 0 unspecified atom stereocenters. The first kappa shape index (κ1) is 22.8. The highest BCUT2D eigenvalue weighted by Gasteiger charge is 2.54. The van der Waals surface area contributed by atoms with E-state index in [0.717, 1.165) is 76.2 Å². The number of fused-ring (bicyclic) bond motifs is 5. The van der Waals surface area contributed by atoms with Crippen molar-refractivity contribution in [2.24, 2.45) is 22.4 Å². The molecule has 3 aliphatic rings. The van der Waals surface area contributed by atoms with Gasteiger partial charge in [0.2, 0.25) is 0 Å². The summed E-state index contributed by atoms with van der Waals surface area (Å²) < 4.78 is 28.8. The molecule has 1 aromatic rings. The predicted molar refractivity (Wildman–Crippen MR) is 122 cm³/mol. The average Bonchev–Trinajstić information content (AvgIpc) is 3.01. The Morgan fingerprint density at radius 1 is 1.13 bits per heavy atom. The summed E-state index contributed by atoms with van der Waals surface area (Å²) in [6.07, 6.45) is 10.8. The Morgan fingerprint density at radius 3 is 2.58 bits per heavy atom. The number of hydrogen-bond donors (Lipinski definition) is 1. The molecule has 2 N–H and O–H groups in total. The van der Waals surface area contributed by atoms with E-state index in [4.69, 9.17) is 9.32 Å². The van der Waals surface area contributed by atoms with Crippen molar-refractivity contribution in [2.75, 3.05) is 0 Å². The number of benzene rings is 1. The van der Waals surface area contributed by atoms with Gasteiger partial charge >= 0.3 is 10.3 Å². The molecule has 0 bridgehead atoms. The van der Waals surface area contributed by atoms with Crippen LogP contribution < -0.4 is 9.32 Å². The lowest BCUT2D eigenvalue weighted by Gasteiger charge is -2.49. The number of Topliss-reactive ketones (excluding diaryl/α,β-unsaturated/α-hetero) is 1. The molecule has 3 aliphatic carbocycles. The van der Waals surface area contributed by atoms with Gasteiger partial charge in [-0.25, -0.2) is 0 Å². The summed E-state index contributed by atoms with van der Waals surface area (Å²) in [4.78, 5) is 12.7. The molecule has 6 heteroatoms. The summed E-state index contributed by atoms with van der Waals surface area (Å²) in [6.45, 7) is 6.47. The van der Waals surface area contributed by atoms with Crippen LogP contribution in [-0.2, 0) is 34.4 Å². The Kier molecular flexibility index (Phi) is 6.25. The minimum atomic E-state index is -4.07. The number of carbonyl (C=O) groups excluding carboxylic acids is 1. The third kappa shape index (κ3) is 4.06. The van der Waals surface area contributed by atoms with E-state index in [1.54, 1.807) is 0 Å². The lowest BCUT2D eigenvalue weighted by atomic mass is 9.55. The molecule has 2 saturated carbocycles. The number of hydrogen-bond acceptors (Lipinski definition) is 4. The number of unbranched alkanes of at least 4 members (excludes halogenated alkanes) is 2. The van der Waals surface area contributed by atoms with Crippen LogP contribution in [0.1, 0.15) is 100 Å². The van der Waals surface area contributed by atoms with Gasteiger partial charge in [0.15, 0.2) is 0 Å². The van der Waals surface area contributed by atoms with Crippen molar-refractivity contribution in [3.8, 4) is 5.75 Å². The van der Waals surface area contributed by atoms with Crippen LogP contribution in [0.25, 0.3) is 0 Å². The highest BCUT2D eigenvalue weighted by molar-refractivity contribution is 7.84. The van der Waals surface area contributed by atoms with Crippen molar-refractivity contribution in [2.45, 2.75) is 97.3 Å². The number of nitrogens with two attached hydrogens (primary N) is 1. The van der Waals surface area contributed by atoms with Crippen molar-refractivity contribution in [1.82, 2.24) is 0 Å². The van der Waals surface area contributed by atoms with Gasteiger partial charge < -0.3 is 4.18 Å². The fraction of sp³-hybridized carbons (Fsp3) is 0.720. The van der Waals surface area contributed by atoms with E-state index in [9.17, 15) is 13.2 Å². The Hall–Kier alpha value is -1.40. The molecule has 1 aromatic carbocycles. The van der Waals surface area contributed by atoms with Gasteiger partial charge in [0.1, 0.15) is 11.5 Å². The third-order valence-electron chi connectivity index (χ3n) is 8.49. The van der Waals surface area contributed by atoms with Gasteiger partial charge in [-0.15, -0.1) is 0 Å². The Balaban J connectivity index is 1.80. The third-order valence-corrected chi connectivity index (χ3v) is 8.90. The number of ketones is 1. The monoisotopic (exact) mass is 447 g/mol. The molecule has 0 radical (unpaired) electrons. The van der Waals surface area contributed by atoms with Crippen molar-refractivity contribution < 1.29 is 17.4 Å². The molecule has 172 valence electrons. The molecule has 0 saturated heterocycles. The van der Waals surface area contributed by atoms with Crippen LogP contribution in [-0.4, -0.2) is 14.2 Å². The summed E-state index contributed by atoms with van der Waals surface area (Å²) in [7, 11) is -4.07. The maximum atomic E-state index is 12.7. The lowest BCUT2D eigenvalue weighted by molar-refractivity contribution is -0.129. The highest BCUT2D eigenvalue weighted by Crippen LogP contribution is 2.60. The fourth-order valence-corrected chi connectivity index (χ4v) is 7.46. The number of carbonyl (C=O) groups is 1. The topological polar surface area (TPSA) is 86.5 Å². The van der Waals surface area contributed by atoms with Crippen LogP contribution in [0.2, 0.25) is 0 Å². The quantitative estimate of drug-likeness (QED) is 0.597.